The number of hydrogen-bond acceptors (Lipinski definition) is 3. The molecule has 0 bridgehead atoms. The Morgan fingerprint density at radius 3 is 0.812 bits per heavy atom. The molecule has 3 N–H and O–H groups in total. The zero-order valence-electron chi connectivity index (χ0n) is 19.9. The first kappa shape index (κ1) is 36.2. The summed E-state index contributed by atoms with van der Waals surface area (Å²) in [5, 5.41) is 24.9. The van der Waals surface area contributed by atoms with Crippen molar-refractivity contribution in [1.29, 1.82) is 0 Å². The van der Waals surface area contributed by atoms with Crippen LogP contribution in [0.1, 0.15) is 142 Å². The van der Waals surface area contributed by atoms with E-state index < -0.39 is 17.9 Å². The van der Waals surface area contributed by atoms with Crippen molar-refractivity contribution in [2.75, 3.05) is 0 Å². The van der Waals surface area contributed by atoms with Gasteiger partial charge in [0.05, 0.1) is 0 Å². The predicted octanol–water partition coefficient (Wildman–Crippen LogP) is 6.52. The van der Waals surface area contributed by atoms with Gasteiger partial charge < -0.3 is 15.3 Å². The van der Waals surface area contributed by atoms with E-state index in [2.05, 4.69) is 6.92 Å². The van der Waals surface area contributed by atoms with Crippen LogP contribution in [0.4, 0.5) is 0 Å². The molecular weight excluding hydrogens is 436 g/mol. The van der Waals surface area contributed by atoms with Gasteiger partial charge in [0.25, 0.3) is 0 Å². The minimum absolute atomic E-state index is 0. The molecule has 7 heteroatoms. The molecule has 0 heterocycles. The van der Waals surface area contributed by atoms with Crippen LogP contribution in [0.3, 0.4) is 0 Å². The van der Waals surface area contributed by atoms with Crippen LogP contribution >= 0.6 is 0 Å². The van der Waals surface area contributed by atoms with E-state index in [0.717, 1.165) is 12.8 Å². The van der Waals surface area contributed by atoms with E-state index in [1.54, 1.807) is 0 Å². The van der Waals surface area contributed by atoms with Crippen LogP contribution in [0.15, 0.2) is 0 Å². The summed E-state index contributed by atoms with van der Waals surface area (Å²) in [6.07, 6.45) is 22.3. The SMILES string of the molecule is CCCCCCCCCCCCCCCCCC(=O)O.O=C(O)CCCCCC(=O)O.[CaH2]. The molecule has 0 spiro atoms. The topological polar surface area (TPSA) is 112 Å². The molecule has 0 rings (SSSR count). The average Bonchev–Trinajstić information content (AvgIpc) is 2.70. The second-order valence-electron chi connectivity index (χ2n) is 8.44. The Kier molecular flexibility index (Phi) is 34.7. The molecule has 0 aromatic rings. The predicted molar refractivity (Wildman–Crippen MR) is 134 cm³/mol. The van der Waals surface area contributed by atoms with E-state index in [1.807, 2.05) is 0 Å². The number of aliphatic carboxylic acids is 3. The van der Waals surface area contributed by atoms with E-state index >= 15 is 0 Å². The number of rotatable bonds is 22. The number of carbonyl (C=O) groups is 3. The molecule has 0 radical (unpaired) electrons. The molecule has 0 saturated carbocycles. The molecule has 0 unspecified atom stereocenters. The van der Waals surface area contributed by atoms with Crippen molar-refractivity contribution in [3.8, 4) is 0 Å². The van der Waals surface area contributed by atoms with Gasteiger partial charge in [-0.1, -0.05) is 103 Å². The monoisotopic (exact) mass is 486 g/mol. The Morgan fingerprint density at radius 1 is 0.406 bits per heavy atom. The van der Waals surface area contributed by atoms with Gasteiger partial charge in [0.1, 0.15) is 0 Å². The molecule has 0 aliphatic heterocycles. The van der Waals surface area contributed by atoms with Crippen molar-refractivity contribution in [2.45, 2.75) is 142 Å². The van der Waals surface area contributed by atoms with Crippen LogP contribution in [0.2, 0.25) is 0 Å². The summed E-state index contributed by atoms with van der Waals surface area (Å²) in [7, 11) is 0. The maximum atomic E-state index is 10.3. The second kappa shape index (κ2) is 30.7. The molecule has 0 saturated heterocycles. The fraction of sp³-hybridized carbons (Fsp3) is 0.880. The van der Waals surface area contributed by atoms with Crippen LogP contribution in [0, 0.1) is 0 Å². The molecule has 0 aliphatic carbocycles. The van der Waals surface area contributed by atoms with E-state index in [0.29, 0.717) is 25.7 Å². The maximum absolute atomic E-state index is 10.3. The van der Waals surface area contributed by atoms with Crippen molar-refractivity contribution in [3.05, 3.63) is 0 Å². The summed E-state index contributed by atoms with van der Waals surface area (Å²) < 4.78 is 0. The molecule has 0 aromatic carbocycles. The average molecular weight is 487 g/mol. The zero-order valence-corrected chi connectivity index (χ0v) is 19.9. The third kappa shape index (κ3) is 40.1. The molecular formula is C25H50CaO6. The number of carboxylic acids is 3. The van der Waals surface area contributed by atoms with Crippen molar-refractivity contribution in [1.82, 2.24) is 0 Å². The first-order valence-corrected chi connectivity index (χ1v) is 12.6. The molecule has 188 valence electrons. The quantitative estimate of drug-likeness (QED) is 0.119. The van der Waals surface area contributed by atoms with E-state index in [9.17, 15) is 14.4 Å². The fourth-order valence-electron chi connectivity index (χ4n) is 3.38. The number of unbranched alkanes of at least 4 members (excludes halogenated alkanes) is 16. The third-order valence-corrected chi connectivity index (χ3v) is 5.28. The van der Waals surface area contributed by atoms with Gasteiger partial charge in [-0.2, -0.15) is 0 Å². The van der Waals surface area contributed by atoms with Gasteiger partial charge in [-0.05, 0) is 19.3 Å². The van der Waals surface area contributed by atoms with Gasteiger partial charge in [-0.3, -0.25) is 14.4 Å². The minimum atomic E-state index is -0.819. The van der Waals surface area contributed by atoms with Gasteiger partial charge in [-0.25, -0.2) is 0 Å². The Hall–Kier alpha value is -0.330. The van der Waals surface area contributed by atoms with Crippen molar-refractivity contribution < 1.29 is 29.7 Å². The summed E-state index contributed by atoms with van der Waals surface area (Å²) >= 11 is 0. The summed E-state index contributed by atoms with van der Waals surface area (Å²) in [4.78, 5) is 30.3. The van der Waals surface area contributed by atoms with Gasteiger partial charge in [-0.15, -0.1) is 0 Å². The van der Waals surface area contributed by atoms with Gasteiger partial charge >= 0.3 is 55.6 Å². The van der Waals surface area contributed by atoms with Crippen LogP contribution in [0.25, 0.3) is 0 Å². The van der Waals surface area contributed by atoms with Crippen LogP contribution < -0.4 is 0 Å². The third-order valence-electron chi connectivity index (χ3n) is 5.28. The number of hydrogen-bond donors (Lipinski definition) is 3. The van der Waals surface area contributed by atoms with E-state index in [-0.39, 0.29) is 50.6 Å². The normalized spacial score (nSPS) is 10.0. The summed E-state index contributed by atoms with van der Waals surface area (Å²) in [6, 6.07) is 0. The van der Waals surface area contributed by atoms with Crippen LogP contribution in [-0.2, 0) is 14.4 Å². The summed E-state index contributed by atoms with van der Waals surface area (Å²) in [6.45, 7) is 2.27. The van der Waals surface area contributed by atoms with Crippen molar-refractivity contribution in [2.24, 2.45) is 0 Å². The van der Waals surface area contributed by atoms with Gasteiger partial charge in [0.15, 0.2) is 0 Å². The Balaban J connectivity index is -0.000000597. The summed E-state index contributed by atoms with van der Waals surface area (Å²) in [5.74, 6) is -2.29. The molecule has 6 nitrogen and oxygen atoms in total. The van der Waals surface area contributed by atoms with Crippen LogP contribution in [-0.4, -0.2) is 71.0 Å². The molecule has 0 amide bonds. The van der Waals surface area contributed by atoms with E-state index in [4.69, 9.17) is 15.3 Å². The molecule has 0 aromatic heterocycles. The first-order valence-electron chi connectivity index (χ1n) is 12.6. The standard InChI is InChI=1S/C18H36O2.C7H12O4.Ca.2H/c1-2-3-4-5-6-7-8-9-10-11-12-13-14-15-16-17-18(19)20;8-6(9)4-2-1-3-5-7(10)11;;;/h2-17H2,1H3,(H,19,20);1-5H2,(H,8,9)(H,10,11);;;. The second-order valence-corrected chi connectivity index (χ2v) is 8.44. The fourth-order valence-corrected chi connectivity index (χ4v) is 3.38. The Labute approximate surface area is 225 Å². The van der Waals surface area contributed by atoms with E-state index in [1.165, 1.54) is 83.5 Å². The molecule has 0 fully saturated rings. The summed E-state index contributed by atoms with van der Waals surface area (Å²) in [5.41, 5.74) is 0. The van der Waals surface area contributed by atoms with Crippen molar-refractivity contribution >= 4 is 55.6 Å². The zero-order chi connectivity index (χ0) is 23.6. The molecule has 0 atom stereocenters. The first-order chi connectivity index (χ1) is 14.9. The Morgan fingerprint density at radius 2 is 0.594 bits per heavy atom. The van der Waals surface area contributed by atoms with Gasteiger partial charge in [0, 0.05) is 19.3 Å². The number of carboxylic acid groups (broad SMARTS) is 3. The molecule has 32 heavy (non-hydrogen) atoms. The van der Waals surface area contributed by atoms with Crippen molar-refractivity contribution in [3.63, 3.8) is 0 Å². The Bertz CT molecular complexity index is 413. The molecule has 0 aliphatic rings. The van der Waals surface area contributed by atoms with Gasteiger partial charge in [0.2, 0.25) is 0 Å². The van der Waals surface area contributed by atoms with Crippen LogP contribution in [0.5, 0.6) is 0 Å².